The Morgan fingerprint density at radius 2 is 1.84 bits per heavy atom. The van der Waals surface area contributed by atoms with Gasteiger partial charge in [-0.15, -0.1) is 0 Å². The van der Waals surface area contributed by atoms with E-state index in [1.54, 1.807) is 19.1 Å². The molecule has 3 rings (SSSR count). The second-order valence-electron chi connectivity index (χ2n) is 6.42. The van der Waals surface area contributed by atoms with Crippen molar-refractivity contribution in [3.05, 3.63) is 59.7 Å². The number of carbonyl (C=O) groups is 1. The van der Waals surface area contributed by atoms with Crippen molar-refractivity contribution in [1.82, 2.24) is 5.32 Å². The molecule has 25 heavy (non-hydrogen) atoms. The lowest BCUT2D eigenvalue weighted by Gasteiger charge is -2.16. The van der Waals surface area contributed by atoms with Crippen molar-refractivity contribution in [3.8, 4) is 5.75 Å². The SMILES string of the molecule is CC(=O)c1ccc(OCC2CNC(c3ccc(N(C)C)cc3)O2)cc1. The van der Waals surface area contributed by atoms with Gasteiger partial charge in [0.2, 0.25) is 0 Å². The summed E-state index contributed by atoms with van der Waals surface area (Å²) in [4.78, 5) is 13.4. The van der Waals surface area contributed by atoms with Gasteiger partial charge in [-0.25, -0.2) is 0 Å². The lowest BCUT2D eigenvalue weighted by molar-refractivity contribution is 0.0159. The summed E-state index contributed by atoms with van der Waals surface area (Å²) in [7, 11) is 4.05. The Morgan fingerprint density at radius 1 is 1.16 bits per heavy atom. The highest BCUT2D eigenvalue weighted by Crippen LogP contribution is 2.24. The van der Waals surface area contributed by atoms with E-state index in [0.717, 1.165) is 23.5 Å². The van der Waals surface area contributed by atoms with Crippen molar-refractivity contribution in [2.45, 2.75) is 19.3 Å². The van der Waals surface area contributed by atoms with Gasteiger partial charge < -0.3 is 14.4 Å². The van der Waals surface area contributed by atoms with Crippen molar-refractivity contribution in [3.63, 3.8) is 0 Å². The van der Waals surface area contributed by atoms with E-state index < -0.39 is 0 Å². The summed E-state index contributed by atoms with van der Waals surface area (Å²) < 4.78 is 11.8. The van der Waals surface area contributed by atoms with Crippen LogP contribution in [0.2, 0.25) is 0 Å². The first-order chi connectivity index (χ1) is 12.0. The van der Waals surface area contributed by atoms with Gasteiger partial charge in [-0.2, -0.15) is 0 Å². The summed E-state index contributed by atoms with van der Waals surface area (Å²) in [5.41, 5.74) is 2.96. The van der Waals surface area contributed by atoms with Gasteiger partial charge in [-0.05, 0) is 48.9 Å². The number of ether oxygens (including phenoxy) is 2. The number of hydrogen-bond donors (Lipinski definition) is 1. The van der Waals surface area contributed by atoms with E-state index in [1.165, 1.54) is 0 Å². The zero-order valence-corrected chi connectivity index (χ0v) is 14.9. The predicted octanol–water partition coefficient (Wildman–Crippen LogP) is 3.02. The molecule has 1 fully saturated rings. The molecule has 5 nitrogen and oxygen atoms in total. The van der Waals surface area contributed by atoms with Gasteiger partial charge in [-0.1, -0.05) is 12.1 Å². The van der Waals surface area contributed by atoms with Gasteiger partial charge in [0, 0.05) is 31.9 Å². The number of rotatable bonds is 6. The van der Waals surface area contributed by atoms with Crippen LogP contribution in [0.25, 0.3) is 0 Å². The molecular formula is C20H24N2O3. The summed E-state index contributed by atoms with van der Waals surface area (Å²) in [6, 6.07) is 15.5. The Morgan fingerprint density at radius 3 is 2.44 bits per heavy atom. The number of ketones is 1. The molecule has 1 saturated heterocycles. The van der Waals surface area contributed by atoms with Gasteiger partial charge in [0.1, 0.15) is 24.7 Å². The van der Waals surface area contributed by atoms with Crippen LogP contribution in [0.15, 0.2) is 48.5 Å². The van der Waals surface area contributed by atoms with Crippen LogP contribution in [0.3, 0.4) is 0 Å². The lowest BCUT2D eigenvalue weighted by atomic mass is 10.1. The second kappa shape index (κ2) is 7.68. The van der Waals surface area contributed by atoms with Gasteiger partial charge in [-0.3, -0.25) is 10.1 Å². The van der Waals surface area contributed by atoms with E-state index in [4.69, 9.17) is 9.47 Å². The number of hydrogen-bond acceptors (Lipinski definition) is 5. The molecule has 2 atom stereocenters. The average molecular weight is 340 g/mol. The Kier molecular flexibility index (Phi) is 5.36. The number of nitrogens with zero attached hydrogens (tertiary/aromatic N) is 1. The fourth-order valence-corrected chi connectivity index (χ4v) is 2.74. The molecule has 2 unspecified atom stereocenters. The monoisotopic (exact) mass is 340 g/mol. The number of carbonyl (C=O) groups excluding carboxylic acids is 1. The van der Waals surface area contributed by atoms with E-state index in [-0.39, 0.29) is 18.1 Å². The van der Waals surface area contributed by atoms with E-state index in [0.29, 0.717) is 12.2 Å². The first kappa shape index (κ1) is 17.5. The Labute approximate surface area is 148 Å². The molecule has 5 heteroatoms. The fraction of sp³-hybridized carbons (Fsp3) is 0.350. The molecule has 1 aliphatic heterocycles. The summed E-state index contributed by atoms with van der Waals surface area (Å²) in [6.07, 6.45) is -0.115. The van der Waals surface area contributed by atoms with Gasteiger partial charge in [0.05, 0.1) is 0 Å². The van der Waals surface area contributed by atoms with Crippen molar-refractivity contribution in [1.29, 1.82) is 0 Å². The molecule has 0 aromatic heterocycles. The highest BCUT2D eigenvalue weighted by atomic mass is 16.6. The van der Waals surface area contributed by atoms with Gasteiger partial charge in [0.25, 0.3) is 0 Å². The number of benzene rings is 2. The Bertz CT molecular complexity index is 711. The highest BCUT2D eigenvalue weighted by Gasteiger charge is 2.26. The van der Waals surface area contributed by atoms with E-state index in [9.17, 15) is 4.79 Å². The lowest BCUT2D eigenvalue weighted by Crippen LogP contribution is -2.21. The minimum Gasteiger partial charge on any atom is -0.491 e. The molecule has 1 heterocycles. The Balaban J connectivity index is 1.51. The maximum Gasteiger partial charge on any atom is 0.159 e. The Hall–Kier alpha value is -2.37. The third-order valence-electron chi connectivity index (χ3n) is 4.27. The van der Waals surface area contributed by atoms with Gasteiger partial charge in [0.15, 0.2) is 5.78 Å². The molecular weight excluding hydrogens is 316 g/mol. The molecule has 132 valence electrons. The largest absolute Gasteiger partial charge is 0.491 e. The van der Waals surface area contributed by atoms with E-state index >= 15 is 0 Å². The van der Waals surface area contributed by atoms with Gasteiger partial charge >= 0.3 is 0 Å². The van der Waals surface area contributed by atoms with Crippen LogP contribution in [0.4, 0.5) is 5.69 Å². The van der Waals surface area contributed by atoms with Crippen molar-refractivity contribution >= 4 is 11.5 Å². The average Bonchev–Trinajstić information content (AvgIpc) is 3.09. The van der Waals surface area contributed by atoms with Crippen LogP contribution in [0, 0.1) is 0 Å². The predicted molar refractivity (Wildman–Crippen MR) is 98.3 cm³/mol. The minimum absolute atomic E-state index is 0.00833. The first-order valence-corrected chi connectivity index (χ1v) is 8.43. The van der Waals surface area contributed by atoms with Crippen LogP contribution in [-0.2, 0) is 4.74 Å². The molecule has 2 aromatic rings. The number of anilines is 1. The van der Waals surface area contributed by atoms with Crippen LogP contribution < -0.4 is 15.0 Å². The highest BCUT2D eigenvalue weighted by molar-refractivity contribution is 5.94. The van der Waals surface area contributed by atoms with Crippen LogP contribution in [0.1, 0.15) is 29.1 Å². The van der Waals surface area contributed by atoms with Crippen molar-refractivity contribution in [2.24, 2.45) is 0 Å². The zero-order chi connectivity index (χ0) is 17.8. The quantitative estimate of drug-likeness (QED) is 0.819. The summed E-state index contributed by atoms with van der Waals surface area (Å²) >= 11 is 0. The van der Waals surface area contributed by atoms with Crippen molar-refractivity contribution < 1.29 is 14.3 Å². The molecule has 0 bridgehead atoms. The third kappa shape index (κ3) is 4.38. The second-order valence-corrected chi connectivity index (χ2v) is 6.42. The zero-order valence-electron chi connectivity index (χ0n) is 14.9. The number of Topliss-reactive ketones (excluding diaryl/α,β-unsaturated/α-hetero) is 1. The molecule has 1 aliphatic rings. The molecule has 0 amide bonds. The number of nitrogens with one attached hydrogen (secondary N) is 1. The van der Waals surface area contributed by atoms with Crippen LogP contribution in [-0.4, -0.2) is 39.1 Å². The van der Waals surface area contributed by atoms with Crippen molar-refractivity contribution in [2.75, 3.05) is 32.1 Å². The summed E-state index contributed by atoms with van der Waals surface area (Å²) in [5, 5.41) is 3.37. The summed E-state index contributed by atoms with van der Waals surface area (Å²) in [6.45, 7) is 2.77. The topological polar surface area (TPSA) is 50.8 Å². The molecule has 0 aliphatic carbocycles. The standard InChI is InChI=1S/C20H24N2O3/c1-14(23)15-6-10-18(11-7-15)24-13-19-12-21-20(25-19)16-4-8-17(9-5-16)22(2)3/h4-11,19-21H,12-13H2,1-3H3. The van der Waals surface area contributed by atoms with E-state index in [1.807, 2.05) is 26.2 Å². The van der Waals surface area contributed by atoms with Crippen LogP contribution >= 0.6 is 0 Å². The fourth-order valence-electron chi connectivity index (χ4n) is 2.74. The molecule has 1 N–H and O–H groups in total. The molecule has 2 aromatic carbocycles. The first-order valence-electron chi connectivity index (χ1n) is 8.43. The molecule has 0 spiro atoms. The molecule has 0 saturated carbocycles. The maximum atomic E-state index is 11.3. The smallest absolute Gasteiger partial charge is 0.159 e. The minimum atomic E-state index is -0.107. The van der Waals surface area contributed by atoms with Crippen LogP contribution in [0.5, 0.6) is 5.75 Å². The maximum absolute atomic E-state index is 11.3. The summed E-state index contributed by atoms with van der Waals surface area (Å²) in [5.74, 6) is 0.797. The third-order valence-corrected chi connectivity index (χ3v) is 4.27. The van der Waals surface area contributed by atoms with E-state index in [2.05, 4.69) is 34.5 Å². The molecule has 0 radical (unpaired) electrons. The normalized spacial score (nSPS) is 19.6.